The number of fused-ring (bicyclic) bond motifs is 1. The molecule has 6 heteroatoms. The van der Waals surface area contributed by atoms with Gasteiger partial charge in [-0.2, -0.15) is 0 Å². The maximum atomic E-state index is 11.6. The molecule has 1 aliphatic rings. The second kappa shape index (κ2) is 7.14. The van der Waals surface area contributed by atoms with E-state index in [0.717, 1.165) is 39.3 Å². The molecule has 0 aliphatic carbocycles. The smallest absolute Gasteiger partial charge is 0.411 e. The van der Waals surface area contributed by atoms with Crippen LogP contribution in [0.5, 0.6) is 0 Å². The molecule has 25 heavy (non-hydrogen) atoms. The monoisotopic (exact) mass is 359 g/mol. The van der Waals surface area contributed by atoms with Crippen molar-refractivity contribution in [2.75, 3.05) is 20.6 Å². The quantitative estimate of drug-likeness (QED) is 0.891. The highest BCUT2D eigenvalue weighted by molar-refractivity contribution is 7.18. The van der Waals surface area contributed by atoms with Crippen LogP contribution in [0.4, 0.5) is 4.79 Å². The van der Waals surface area contributed by atoms with Crippen molar-refractivity contribution in [1.82, 2.24) is 14.8 Å². The number of nitrogens with zero attached hydrogens (tertiary/aromatic N) is 3. The molecule has 1 aliphatic heterocycles. The van der Waals surface area contributed by atoms with E-state index in [0.29, 0.717) is 18.5 Å². The summed E-state index contributed by atoms with van der Waals surface area (Å²) in [6, 6.07) is 6.53. The van der Waals surface area contributed by atoms with Crippen LogP contribution < -0.4 is 0 Å². The zero-order valence-electron chi connectivity index (χ0n) is 15.2. The van der Waals surface area contributed by atoms with Crippen LogP contribution in [0.15, 0.2) is 24.3 Å². The molecule has 0 fully saturated rings. The Morgan fingerprint density at radius 2 is 2.24 bits per heavy atom. The third-order valence-electron chi connectivity index (χ3n) is 4.81. The fourth-order valence-electron chi connectivity index (χ4n) is 3.02. The van der Waals surface area contributed by atoms with Crippen LogP contribution in [-0.2, 0) is 6.42 Å². The van der Waals surface area contributed by atoms with Crippen molar-refractivity contribution >= 4 is 33.3 Å². The van der Waals surface area contributed by atoms with Gasteiger partial charge in [-0.3, -0.25) is 4.90 Å². The van der Waals surface area contributed by atoms with Gasteiger partial charge in [0.15, 0.2) is 0 Å². The number of amides is 1. The third-order valence-corrected chi connectivity index (χ3v) is 5.87. The molecule has 3 rings (SSSR count). The molecule has 0 spiro atoms. The van der Waals surface area contributed by atoms with Gasteiger partial charge in [-0.1, -0.05) is 19.1 Å². The van der Waals surface area contributed by atoms with E-state index in [-0.39, 0.29) is 0 Å². The van der Waals surface area contributed by atoms with Gasteiger partial charge in [0.1, 0.15) is 0 Å². The zero-order chi connectivity index (χ0) is 18.1. The number of benzene rings is 1. The molecular formula is C19H25N3O2S. The minimum atomic E-state index is -0.892. The first-order valence-electron chi connectivity index (χ1n) is 8.62. The maximum absolute atomic E-state index is 11.6. The van der Waals surface area contributed by atoms with Crippen LogP contribution in [-0.4, -0.2) is 52.7 Å². The maximum Gasteiger partial charge on any atom is 0.411 e. The van der Waals surface area contributed by atoms with Gasteiger partial charge in [-0.25, -0.2) is 9.78 Å². The lowest BCUT2D eigenvalue weighted by molar-refractivity contribution is 0.159. The Bertz CT molecular complexity index is 812. The molecule has 2 aromatic rings. The molecule has 5 nitrogen and oxygen atoms in total. The summed E-state index contributed by atoms with van der Waals surface area (Å²) in [6.45, 7) is 4.81. The van der Waals surface area contributed by atoms with Crippen molar-refractivity contribution in [2.45, 2.75) is 32.7 Å². The van der Waals surface area contributed by atoms with Gasteiger partial charge in [0.05, 0.1) is 20.9 Å². The van der Waals surface area contributed by atoms with Crippen LogP contribution in [0, 0.1) is 5.92 Å². The lowest BCUT2D eigenvalue weighted by atomic mass is 9.98. The first kappa shape index (κ1) is 17.9. The summed E-state index contributed by atoms with van der Waals surface area (Å²) in [4.78, 5) is 20.0. The van der Waals surface area contributed by atoms with Gasteiger partial charge >= 0.3 is 6.09 Å². The predicted octanol–water partition coefficient (Wildman–Crippen LogP) is 4.15. The number of hydrogen-bond acceptors (Lipinski definition) is 4. The molecule has 2 unspecified atom stereocenters. The molecule has 1 aromatic carbocycles. The Labute approximate surface area is 152 Å². The van der Waals surface area contributed by atoms with Gasteiger partial charge in [-0.05, 0) is 45.5 Å². The largest absolute Gasteiger partial charge is 0.465 e. The summed E-state index contributed by atoms with van der Waals surface area (Å²) < 4.78 is 1.15. The molecular weight excluding hydrogens is 334 g/mol. The van der Waals surface area contributed by atoms with E-state index >= 15 is 0 Å². The van der Waals surface area contributed by atoms with E-state index in [1.54, 1.807) is 11.3 Å². The summed E-state index contributed by atoms with van der Waals surface area (Å²) >= 11 is 1.72. The normalized spacial score (nSPS) is 19.3. The zero-order valence-corrected chi connectivity index (χ0v) is 16.0. The van der Waals surface area contributed by atoms with Crippen molar-refractivity contribution in [3.63, 3.8) is 0 Å². The van der Waals surface area contributed by atoms with Crippen molar-refractivity contribution in [3.8, 4) is 0 Å². The van der Waals surface area contributed by atoms with Crippen LogP contribution >= 0.6 is 11.3 Å². The number of allylic oxidation sites excluding steroid dienone is 1. The molecule has 1 aromatic heterocycles. The highest BCUT2D eigenvalue weighted by atomic mass is 32.1. The standard InChI is InChI=1S/C19H25N3O2S/c1-12-5-7-16(22(11-12)19(23)24)14-6-8-17-15(10-14)20-18(25-17)9-13(2)21(3)4/h6-8,10,12-13H,5,9,11H2,1-4H3,(H,23,24). The fraction of sp³-hybridized carbons (Fsp3) is 0.474. The molecule has 2 atom stereocenters. The summed E-state index contributed by atoms with van der Waals surface area (Å²) in [7, 11) is 4.15. The van der Waals surface area contributed by atoms with Gasteiger partial charge in [0.25, 0.3) is 0 Å². The van der Waals surface area contributed by atoms with Gasteiger partial charge in [0, 0.05) is 24.6 Å². The molecule has 0 radical (unpaired) electrons. The molecule has 0 bridgehead atoms. The Balaban J connectivity index is 1.91. The van der Waals surface area contributed by atoms with E-state index in [1.807, 2.05) is 18.2 Å². The Morgan fingerprint density at radius 1 is 1.48 bits per heavy atom. The average molecular weight is 359 g/mol. The average Bonchev–Trinajstić information content (AvgIpc) is 2.95. The van der Waals surface area contributed by atoms with Crippen LogP contribution in [0.3, 0.4) is 0 Å². The highest BCUT2D eigenvalue weighted by Crippen LogP contribution is 2.31. The lowest BCUT2D eigenvalue weighted by Crippen LogP contribution is -2.34. The van der Waals surface area contributed by atoms with E-state index < -0.39 is 6.09 Å². The van der Waals surface area contributed by atoms with E-state index in [9.17, 15) is 9.90 Å². The number of carbonyl (C=O) groups is 1. The molecule has 134 valence electrons. The minimum Gasteiger partial charge on any atom is -0.465 e. The Hall–Kier alpha value is -1.92. The van der Waals surface area contributed by atoms with E-state index in [1.165, 1.54) is 4.90 Å². The Morgan fingerprint density at radius 3 is 2.92 bits per heavy atom. The molecule has 2 heterocycles. The first-order chi connectivity index (χ1) is 11.8. The Kier molecular flexibility index (Phi) is 5.11. The summed E-state index contributed by atoms with van der Waals surface area (Å²) in [5.41, 5.74) is 2.66. The number of likely N-dealkylation sites (N-methyl/N-ethyl adjacent to an activating group) is 1. The van der Waals surface area contributed by atoms with Gasteiger partial charge < -0.3 is 10.0 Å². The highest BCUT2D eigenvalue weighted by Gasteiger charge is 2.25. The van der Waals surface area contributed by atoms with Gasteiger partial charge in [0.2, 0.25) is 0 Å². The van der Waals surface area contributed by atoms with E-state index in [2.05, 4.69) is 38.9 Å². The molecule has 0 saturated carbocycles. The van der Waals surface area contributed by atoms with Crippen molar-refractivity contribution < 1.29 is 9.90 Å². The number of hydrogen-bond donors (Lipinski definition) is 1. The third kappa shape index (κ3) is 3.85. The van der Waals surface area contributed by atoms with Crippen molar-refractivity contribution in [1.29, 1.82) is 0 Å². The second-order valence-electron chi connectivity index (χ2n) is 7.13. The van der Waals surface area contributed by atoms with Crippen molar-refractivity contribution in [2.24, 2.45) is 5.92 Å². The van der Waals surface area contributed by atoms with Crippen LogP contribution in [0.1, 0.15) is 30.8 Å². The van der Waals surface area contributed by atoms with E-state index in [4.69, 9.17) is 4.98 Å². The summed E-state index contributed by atoms with van der Waals surface area (Å²) in [5.74, 6) is 0.349. The van der Waals surface area contributed by atoms with Crippen LogP contribution in [0.2, 0.25) is 0 Å². The number of carboxylic acid groups (broad SMARTS) is 1. The van der Waals surface area contributed by atoms with Crippen molar-refractivity contribution in [3.05, 3.63) is 34.8 Å². The van der Waals surface area contributed by atoms with Crippen LogP contribution in [0.25, 0.3) is 15.9 Å². The van der Waals surface area contributed by atoms with Gasteiger partial charge in [-0.15, -0.1) is 11.3 Å². The topological polar surface area (TPSA) is 56.7 Å². The predicted molar refractivity (Wildman–Crippen MR) is 103 cm³/mol. The lowest BCUT2D eigenvalue weighted by Gasteiger charge is -2.29. The summed E-state index contributed by atoms with van der Waals surface area (Å²) in [6.07, 6.45) is 2.96. The second-order valence-corrected chi connectivity index (χ2v) is 8.25. The number of aromatic nitrogens is 1. The molecule has 0 saturated heterocycles. The first-order valence-corrected chi connectivity index (χ1v) is 9.43. The number of rotatable bonds is 4. The number of thiazole rings is 1. The fourth-order valence-corrected chi connectivity index (χ4v) is 4.09. The minimum absolute atomic E-state index is 0.349. The molecule has 1 N–H and O–H groups in total. The SMILES string of the molecule is CC1CC=C(c2ccc3sc(CC(C)N(C)C)nc3c2)N(C(=O)O)C1. The summed E-state index contributed by atoms with van der Waals surface area (Å²) in [5, 5.41) is 10.6. The molecule has 1 amide bonds.